The topological polar surface area (TPSA) is 65.3 Å². The molecule has 2 heterocycles. The summed E-state index contributed by atoms with van der Waals surface area (Å²) >= 11 is 0. The van der Waals surface area contributed by atoms with Crippen molar-refractivity contribution in [3.05, 3.63) is 96.1 Å². The number of para-hydroxylation sites is 1. The van der Waals surface area contributed by atoms with Crippen molar-refractivity contribution in [1.29, 1.82) is 0 Å². The second kappa shape index (κ2) is 9.64. The molecule has 0 aliphatic heterocycles. The van der Waals surface area contributed by atoms with Gasteiger partial charge in [0.05, 0.1) is 12.8 Å². The van der Waals surface area contributed by atoms with Crippen LogP contribution >= 0.6 is 0 Å². The SMILES string of the molecule is c1ccc(CN=C(NCCc2cc3ccccc3[nH]2)NCCc2ccco2)cc1. The zero-order chi connectivity index (χ0) is 19.7. The van der Waals surface area contributed by atoms with Gasteiger partial charge in [0.25, 0.3) is 0 Å². The van der Waals surface area contributed by atoms with Crippen LogP contribution in [0.3, 0.4) is 0 Å². The van der Waals surface area contributed by atoms with Crippen molar-refractivity contribution in [2.24, 2.45) is 4.99 Å². The average molecular weight is 386 g/mol. The Kier molecular flexibility index (Phi) is 6.28. The van der Waals surface area contributed by atoms with E-state index in [0.29, 0.717) is 6.54 Å². The Balaban J connectivity index is 1.34. The van der Waals surface area contributed by atoms with Crippen molar-refractivity contribution in [2.45, 2.75) is 19.4 Å². The minimum atomic E-state index is 0.642. The van der Waals surface area contributed by atoms with Crippen LogP contribution in [0.4, 0.5) is 0 Å². The number of benzene rings is 2. The van der Waals surface area contributed by atoms with Gasteiger partial charge >= 0.3 is 0 Å². The molecule has 0 spiro atoms. The first-order valence-electron chi connectivity index (χ1n) is 10.0. The Labute approximate surface area is 170 Å². The molecule has 29 heavy (non-hydrogen) atoms. The molecule has 2 aromatic heterocycles. The highest BCUT2D eigenvalue weighted by Crippen LogP contribution is 2.14. The van der Waals surface area contributed by atoms with Crippen LogP contribution in [0.5, 0.6) is 0 Å². The summed E-state index contributed by atoms with van der Waals surface area (Å²) in [5.41, 5.74) is 3.59. The number of nitrogens with zero attached hydrogens (tertiary/aromatic N) is 1. The van der Waals surface area contributed by atoms with Crippen LogP contribution in [0.25, 0.3) is 10.9 Å². The fourth-order valence-electron chi connectivity index (χ4n) is 3.27. The standard InChI is InChI=1S/C24H26N4O/c1-2-7-19(8-3-1)18-27-24(26-15-13-22-10-6-16-29-22)25-14-12-21-17-20-9-4-5-11-23(20)28-21/h1-11,16-17,28H,12-15,18H2,(H2,25,26,27). The van der Waals surface area contributed by atoms with E-state index in [1.54, 1.807) is 6.26 Å². The lowest BCUT2D eigenvalue weighted by atomic mass is 10.2. The summed E-state index contributed by atoms with van der Waals surface area (Å²) < 4.78 is 5.41. The van der Waals surface area contributed by atoms with Crippen LogP contribution in [0.2, 0.25) is 0 Å². The van der Waals surface area contributed by atoms with E-state index in [2.05, 4.69) is 58.1 Å². The minimum Gasteiger partial charge on any atom is -0.469 e. The number of hydrogen-bond donors (Lipinski definition) is 3. The van der Waals surface area contributed by atoms with Crippen molar-refractivity contribution < 1.29 is 4.42 Å². The van der Waals surface area contributed by atoms with Crippen molar-refractivity contribution in [3.8, 4) is 0 Å². The Morgan fingerprint density at radius 1 is 0.862 bits per heavy atom. The maximum Gasteiger partial charge on any atom is 0.191 e. The molecule has 0 saturated carbocycles. The van der Waals surface area contributed by atoms with E-state index < -0.39 is 0 Å². The molecular formula is C24H26N4O. The number of aliphatic imine (C=N–C) groups is 1. The second-order valence-electron chi connectivity index (χ2n) is 6.97. The van der Waals surface area contributed by atoms with Crippen LogP contribution in [0, 0.1) is 0 Å². The number of hydrogen-bond acceptors (Lipinski definition) is 2. The lowest BCUT2D eigenvalue weighted by Gasteiger charge is -2.12. The molecule has 2 aromatic carbocycles. The van der Waals surface area contributed by atoms with Crippen LogP contribution in [-0.4, -0.2) is 24.0 Å². The average Bonchev–Trinajstić information content (AvgIpc) is 3.41. The second-order valence-corrected chi connectivity index (χ2v) is 6.97. The lowest BCUT2D eigenvalue weighted by Crippen LogP contribution is -2.39. The molecule has 0 fully saturated rings. The molecule has 4 rings (SSSR count). The third-order valence-electron chi connectivity index (χ3n) is 4.78. The van der Waals surface area contributed by atoms with Crippen LogP contribution in [0.15, 0.2) is 88.5 Å². The van der Waals surface area contributed by atoms with E-state index in [1.807, 2.05) is 30.3 Å². The zero-order valence-electron chi connectivity index (χ0n) is 16.4. The quantitative estimate of drug-likeness (QED) is 0.313. The minimum absolute atomic E-state index is 0.642. The summed E-state index contributed by atoms with van der Waals surface area (Å²) in [6.45, 7) is 2.21. The fraction of sp³-hybridized carbons (Fsp3) is 0.208. The van der Waals surface area contributed by atoms with Crippen LogP contribution in [0.1, 0.15) is 17.0 Å². The highest BCUT2D eigenvalue weighted by Gasteiger charge is 2.03. The molecule has 5 nitrogen and oxygen atoms in total. The van der Waals surface area contributed by atoms with Gasteiger partial charge in [-0.3, -0.25) is 0 Å². The van der Waals surface area contributed by atoms with E-state index in [1.165, 1.54) is 22.2 Å². The van der Waals surface area contributed by atoms with E-state index >= 15 is 0 Å². The summed E-state index contributed by atoms with van der Waals surface area (Å²) in [4.78, 5) is 8.22. The zero-order valence-corrected chi connectivity index (χ0v) is 16.4. The molecule has 0 bridgehead atoms. The smallest absolute Gasteiger partial charge is 0.191 e. The molecule has 148 valence electrons. The molecule has 0 atom stereocenters. The third-order valence-corrected chi connectivity index (χ3v) is 4.78. The van der Waals surface area contributed by atoms with E-state index in [9.17, 15) is 0 Å². The predicted molar refractivity (Wildman–Crippen MR) is 118 cm³/mol. The lowest BCUT2D eigenvalue weighted by molar-refractivity contribution is 0.506. The molecule has 0 aliphatic rings. The Hall–Kier alpha value is -3.47. The summed E-state index contributed by atoms with van der Waals surface area (Å²) in [6.07, 6.45) is 3.43. The maximum atomic E-state index is 5.41. The van der Waals surface area contributed by atoms with Gasteiger partial charge in [0.2, 0.25) is 0 Å². The summed E-state index contributed by atoms with van der Waals surface area (Å²) in [5, 5.41) is 8.11. The van der Waals surface area contributed by atoms with Gasteiger partial charge in [-0.15, -0.1) is 0 Å². The van der Waals surface area contributed by atoms with Gasteiger partial charge in [0.15, 0.2) is 5.96 Å². The predicted octanol–water partition coefficient (Wildman–Crippen LogP) is 4.28. The third kappa shape index (κ3) is 5.51. The fourth-order valence-corrected chi connectivity index (χ4v) is 3.27. The van der Waals surface area contributed by atoms with Crippen molar-refractivity contribution in [1.82, 2.24) is 15.6 Å². The Morgan fingerprint density at radius 3 is 2.45 bits per heavy atom. The molecule has 0 amide bonds. The molecule has 0 unspecified atom stereocenters. The van der Waals surface area contributed by atoms with E-state index in [0.717, 1.165) is 37.7 Å². The van der Waals surface area contributed by atoms with Crippen molar-refractivity contribution >= 4 is 16.9 Å². The largest absolute Gasteiger partial charge is 0.469 e. The molecule has 5 heteroatoms. The maximum absolute atomic E-state index is 5.41. The van der Waals surface area contributed by atoms with Gasteiger partial charge in [-0.05, 0) is 35.2 Å². The number of aromatic amines is 1. The van der Waals surface area contributed by atoms with E-state index in [4.69, 9.17) is 9.41 Å². The number of fused-ring (bicyclic) bond motifs is 1. The summed E-state index contributed by atoms with van der Waals surface area (Å²) in [5.74, 6) is 1.79. The number of guanidine groups is 1. The summed E-state index contributed by atoms with van der Waals surface area (Å²) in [6, 6.07) is 24.8. The highest BCUT2D eigenvalue weighted by molar-refractivity contribution is 5.81. The monoisotopic (exact) mass is 386 g/mol. The Morgan fingerprint density at radius 2 is 1.66 bits per heavy atom. The first-order valence-corrected chi connectivity index (χ1v) is 10.0. The van der Waals surface area contributed by atoms with Gasteiger partial charge in [-0.25, -0.2) is 4.99 Å². The van der Waals surface area contributed by atoms with Crippen molar-refractivity contribution in [3.63, 3.8) is 0 Å². The number of furan rings is 1. The van der Waals surface area contributed by atoms with Gasteiger partial charge in [-0.2, -0.15) is 0 Å². The van der Waals surface area contributed by atoms with Gasteiger partial charge in [0, 0.05) is 37.1 Å². The van der Waals surface area contributed by atoms with Gasteiger partial charge in [0.1, 0.15) is 5.76 Å². The normalized spacial score (nSPS) is 11.7. The number of aromatic nitrogens is 1. The first kappa shape index (κ1) is 18.9. The molecule has 0 aliphatic carbocycles. The van der Waals surface area contributed by atoms with Crippen LogP contribution < -0.4 is 10.6 Å². The first-order chi connectivity index (χ1) is 14.4. The number of nitrogens with one attached hydrogen (secondary N) is 3. The van der Waals surface area contributed by atoms with Crippen molar-refractivity contribution in [2.75, 3.05) is 13.1 Å². The molecule has 3 N–H and O–H groups in total. The van der Waals surface area contributed by atoms with Gasteiger partial charge in [-0.1, -0.05) is 48.5 Å². The summed E-state index contributed by atoms with van der Waals surface area (Å²) in [7, 11) is 0. The molecule has 0 saturated heterocycles. The Bertz CT molecular complexity index is 1000. The molecular weight excluding hydrogens is 360 g/mol. The van der Waals surface area contributed by atoms with Crippen LogP contribution in [-0.2, 0) is 19.4 Å². The highest BCUT2D eigenvalue weighted by atomic mass is 16.3. The molecule has 0 radical (unpaired) electrons. The number of H-pyrrole nitrogens is 1. The van der Waals surface area contributed by atoms with Gasteiger partial charge < -0.3 is 20.0 Å². The number of rotatable bonds is 8. The molecule has 4 aromatic rings. The van der Waals surface area contributed by atoms with E-state index in [-0.39, 0.29) is 0 Å².